The average Bonchev–Trinajstić information content (AvgIpc) is 2.32. The van der Waals surface area contributed by atoms with Gasteiger partial charge >= 0.3 is 0 Å². The first-order valence-corrected chi connectivity index (χ1v) is 6.89. The molecule has 0 fully saturated rings. The molecule has 1 heterocycles. The summed E-state index contributed by atoms with van der Waals surface area (Å²) in [6.07, 6.45) is 1.60. The minimum Gasteiger partial charge on any atom is -0.339 e. The van der Waals surface area contributed by atoms with Gasteiger partial charge in [-0.15, -0.1) is 0 Å². The molecule has 5 nitrogen and oxygen atoms in total. The fourth-order valence-electron chi connectivity index (χ4n) is 1.34. The number of halogens is 1. The van der Waals surface area contributed by atoms with Gasteiger partial charge in [-0.05, 0) is 36.4 Å². The van der Waals surface area contributed by atoms with Crippen LogP contribution < -0.4 is 10.5 Å². The lowest BCUT2D eigenvalue weighted by Crippen LogP contribution is -2.11. The molecule has 3 N–H and O–H groups in total. The van der Waals surface area contributed by atoms with Crippen LogP contribution in [0.3, 0.4) is 0 Å². The van der Waals surface area contributed by atoms with Crippen molar-refractivity contribution in [1.82, 2.24) is 4.98 Å². The second-order valence-electron chi connectivity index (χ2n) is 3.53. The fourth-order valence-corrected chi connectivity index (χ4v) is 2.03. The van der Waals surface area contributed by atoms with Gasteiger partial charge in [0.05, 0.1) is 9.92 Å². The molecule has 0 aliphatic carbocycles. The first kappa shape index (κ1) is 12.8. The van der Waals surface area contributed by atoms with Crippen LogP contribution in [0.15, 0.2) is 47.5 Å². The zero-order valence-electron chi connectivity index (χ0n) is 9.17. The summed E-state index contributed by atoms with van der Waals surface area (Å²) < 4.78 is 22.2. The van der Waals surface area contributed by atoms with Gasteiger partial charge in [-0.25, -0.2) is 18.5 Å². The monoisotopic (exact) mass is 283 g/mol. The van der Waals surface area contributed by atoms with Crippen molar-refractivity contribution in [3.8, 4) is 0 Å². The number of hydrogen-bond donors (Lipinski definition) is 2. The predicted octanol–water partition coefficient (Wildman–Crippen LogP) is 2.13. The van der Waals surface area contributed by atoms with Gasteiger partial charge in [0.2, 0.25) is 10.0 Å². The van der Waals surface area contributed by atoms with Crippen molar-refractivity contribution in [2.24, 2.45) is 5.14 Å². The number of aromatic nitrogens is 1. The number of anilines is 2. The molecule has 94 valence electrons. The lowest BCUT2D eigenvalue weighted by Gasteiger charge is -2.07. The molecule has 0 saturated heterocycles. The summed E-state index contributed by atoms with van der Waals surface area (Å²) in [5.74, 6) is 0.502. The molecule has 0 bridgehead atoms. The molecule has 18 heavy (non-hydrogen) atoms. The average molecular weight is 284 g/mol. The Kier molecular flexibility index (Phi) is 3.51. The number of nitrogens with two attached hydrogens (primary N) is 1. The largest absolute Gasteiger partial charge is 0.339 e. The molecule has 7 heteroatoms. The minimum atomic E-state index is -3.67. The number of sulfonamides is 1. The van der Waals surface area contributed by atoms with Gasteiger partial charge in [-0.3, -0.25) is 0 Å². The van der Waals surface area contributed by atoms with E-state index in [1.54, 1.807) is 30.5 Å². The zero-order valence-corrected chi connectivity index (χ0v) is 10.7. The van der Waals surface area contributed by atoms with Gasteiger partial charge in [-0.2, -0.15) is 0 Å². The van der Waals surface area contributed by atoms with Crippen LogP contribution in [0.25, 0.3) is 0 Å². The van der Waals surface area contributed by atoms with E-state index in [1.807, 2.05) is 0 Å². The van der Waals surface area contributed by atoms with Crippen molar-refractivity contribution in [1.29, 1.82) is 0 Å². The summed E-state index contributed by atoms with van der Waals surface area (Å²) in [5.41, 5.74) is 0.669. The second-order valence-corrected chi connectivity index (χ2v) is 5.50. The molecule has 0 saturated carbocycles. The Morgan fingerprint density at radius 2 is 1.83 bits per heavy atom. The highest BCUT2D eigenvalue weighted by Gasteiger charge is 2.07. The van der Waals surface area contributed by atoms with Crippen LogP contribution in [0.4, 0.5) is 11.5 Å². The lowest BCUT2D eigenvalue weighted by molar-refractivity contribution is 0.598. The van der Waals surface area contributed by atoms with Crippen LogP contribution in [0.5, 0.6) is 0 Å². The van der Waals surface area contributed by atoms with Gasteiger partial charge in [0.25, 0.3) is 0 Å². The van der Waals surface area contributed by atoms with Crippen LogP contribution in [0, 0.1) is 0 Å². The Hall–Kier alpha value is -1.63. The third-order valence-corrected chi connectivity index (χ3v) is 3.44. The van der Waals surface area contributed by atoms with Crippen LogP contribution in [0.1, 0.15) is 0 Å². The maximum Gasteiger partial charge on any atom is 0.238 e. The van der Waals surface area contributed by atoms with E-state index in [4.69, 9.17) is 16.7 Å². The maximum absolute atomic E-state index is 11.1. The van der Waals surface area contributed by atoms with Crippen LogP contribution in [-0.2, 0) is 10.0 Å². The van der Waals surface area contributed by atoms with Crippen molar-refractivity contribution in [3.05, 3.63) is 47.6 Å². The standard InChI is InChI=1S/C11H10ClN3O2S/c12-10-2-1-7-14-11(10)15-8-3-5-9(6-4-8)18(13,16)17/h1-7H,(H,14,15)(H2,13,16,17). The predicted molar refractivity (Wildman–Crippen MR) is 70.3 cm³/mol. The van der Waals surface area contributed by atoms with Crippen molar-refractivity contribution >= 4 is 33.1 Å². The highest BCUT2D eigenvalue weighted by Crippen LogP contribution is 2.22. The van der Waals surface area contributed by atoms with E-state index < -0.39 is 10.0 Å². The molecule has 0 aliphatic heterocycles. The fraction of sp³-hybridized carbons (Fsp3) is 0. The Labute approximate surface area is 110 Å². The third-order valence-electron chi connectivity index (χ3n) is 2.20. The van der Waals surface area contributed by atoms with Crippen LogP contribution in [0.2, 0.25) is 5.02 Å². The molecule has 1 aromatic heterocycles. The zero-order chi connectivity index (χ0) is 13.2. The van der Waals surface area contributed by atoms with Crippen molar-refractivity contribution in [3.63, 3.8) is 0 Å². The number of primary sulfonamides is 1. The molecular formula is C11H10ClN3O2S. The Balaban J connectivity index is 2.24. The van der Waals surface area contributed by atoms with E-state index in [-0.39, 0.29) is 4.90 Å². The van der Waals surface area contributed by atoms with Crippen LogP contribution in [-0.4, -0.2) is 13.4 Å². The van der Waals surface area contributed by atoms with E-state index in [2.05, 4.69) is 10.3 Å². The van der Waals surface area contributed by atoms with Crippen LogP contribution >= 0.6 is 11.6 Å². The Bertz CT molecular complexity index is 656. The highest BCUT2D eigenvalue weighted by molar-refractivity contribution is 7.89. The molecule has 1 aromatic carbocycles. The molecule has 2 rings (SSSR count). The van der Waals surface area contributed by atoms with Gasteiger partial charge in [0.1, 0.15) is 5.82 Å². The molecule has 0 amide bonds. The lowest BCUT2D eigenvalue weighted by atomic mass is 10.3. The molecule has 0 aliphatic rings. The van der Waals surface area contributed by atoms with E-state index in [0.29, 0.717) is 16.5 Å². The summed E-state index contributed by atoms with van der Waals surface area (Å²) in [7, 11) is -3.67. The van der Waals surface area contributed by atoms with Crippen molar-refractivity contribution < 1.29 is 8.42 Å². The Morgan fingerprint density at radius 3 is 2.39 bits per heavy atom. The summed E-state index contributed by atoms with van der Waals surface area (Å²) in [4.78, 5) is 4.11. The second kappa shape index (κ2) is 4.93. The SMILES string of the molecule is NS(=O)(=O)c1ccc(Nc2ncccc2Cl)cc1. The number of nitrogens with one attached hydrogen (secondary N) is 1. The molecule has 0 unspecified atom stereocenters. The number of pyridine rings is 1. The third kappa shape index (κ3) is 2.98. The van der Waals surface area contributed by atoms with Gasteiger partial charge in [-0.1, -0.05) is 11.6 Å². The highest BCUT2D eigenvalue weighted by atomic mass is 35.5. The molecule has 0 atom stereocenters. The molecule has 0 spiro atoms. The molecule has 2 aromatic rings. The smallest absolute Gasteiger partial charge is 0.238 e. The Morgan fingerprint density at radius 1 is 1.17 bits per heavy atom. The van der Waals surface area contributed by atoms with Crippen molar-refractivity contribution in [2.45, 2.75) is 4.90 Å². The van der Waals surface area contributed by atoms with Crippen molar-refractivity contribution in [2.75, 3.05) is 5.32 Å². The summed E-state index contributed by atoms with van der Waals surface area (Å²) >= 11 is 5.94. The normalized spacial score (nSPS) is 11.2. The topological polar surface area (TPSA) is 85.1 Å². The molecular weight excluding hydrogens is 274 g/mol. The summed E-state index contributed by atoms with van der Waals surface area (Å²) in [6, 6.07) is 9.42. The number of benzene rings is 1. The quantitative estimate of drug-likeness (QED) is 0.903. The maximum atomic E-state index is 11.1. The molecule has 0 radical (unpaired) electrons. The van der Waals surface area contributed by atoms with Gasteiger partial charge < -0.3 is 5.32 Å². The van der Waals surface area contributed by atoms with Gasteiger partial charge in [0.15, 0.2) is 0 Å². The van der Waals surface area contributed by atoms with E-state index in [1.165, 1.54) is 12.1 Å². The summed E-state index contributed by atoms with van der Waals surface area (Å²) in [6.45, 7) is 0. The van der Waals surface area contributed by atoms with E-state index in [0.717, 1.165) is 0 Å². The first-order chi connectivity index (χ1) is 8.47. The summed E-state index contributed by atoms with van der Waals surface area (Å²) in [5, 5.41) is 8.45. The first-order valence-electron chi connectivity index (χ1n) is 4.97. The number of nitrogens with zero attached hydrogens (tertiary/aromatic N) is 1. The van der Waals surface area contributed by atoms with E-state index >= 15 is 0 Å². The number of hydrogen-bond acceptors (Lipinski definition) is 4. The van der Waals surface area contributed by atoms with E-state index in [9.17, 15) is 8.42 Å². The van der Waals surface area contributed by atoms with Gasteiger partial charge in [0, 0.05) is 11.9 Å². The minimum absolute atomic E-state index is 0.0557. The number of rotatable bonds is 3.